The summed E-state index contributed by atoms with van der Waals surface area (Å²) in [7, 11) is 0. The van der Waals surface area contributed by atoms with Gasteiger partial charge in [-0.15, -0.1) is 0 Å². The molecule has 1 rings (SSSR count). The van der Waals surface area contributed by atoms with Crippen LogP contribution in [0.25, 0.3) is 0 Å². The number of rotatable bonds is 4. The van der Waals surface area contributed by atoms with Crippen LogP contribution in [0.4, 0.5) is 0 Å². The fourth-order valence-corrected chi connectivity index (χ4v) is 1.60. The highest BCUT2D eigenvalue weighted by molar-refractivity contribution is 6.30. The van der Waals surface area contributed by atoms with Crippen molar-refractivity contribution in [2.75, 3.05) is 0 Å². The van der Waals surface area contributed by atoms with Crippen molar-refractivity contribution in [1.82, 2.24) is 0 Å². The normalized spacial score (nSPS) is 10.1. The number of benzene rings is 1. The van der Waals surface area contributed by atoms with Crippen molar-refractivity contribution >= 4 is 17.6 Å². The van der Waals surface area contributed by atoms with Crippen molar-refractivity contribution in [2.24, 2.45) is 0 Å². The highest BCUT2D eigenvalue weighted by Gasteiger charge is 2.04. The summed E-state index contributed by atoms with van der Waals surface area (Å²) in [5.41, 5.74) is 2.22. The van der Waals surface area contributed by atoms with E-state index in [2.05, 4.69) is 0 Å². The molecule has 0 aliphatic heterocycles. The average Bonchev–Trinajstić information content (AvgIpc) is 2.15. The maximum Gasteiger partial charge on any atom is 0.303 e. The predicted molar refractivity (Wildman–Crippen MR) is 56.8 cm³/mol. The molecule has 0 bridgehead atoms. The minimum absolute atomic E-state index is 0.175. The van der Waals surface area contributed by atoms with Crippen LogP contribution < -0.4 is 0 Å². The van der Waals surface area contributed by atoms with Crippen molar-refractivity contribution < 1.29 is 9.90 Å². The average molecular weight is 213 g/mol. The first-order valence-electron chi connectivity index (χ1n) is 4.62. The first kappa shape index (κ1) is 11.1. The molecule has 76 valence electrons. The summed E-state index contributed by atoms with van der Waals surface area (Å²) < 4.78 is 0. The number of hydrogen-bond donors (Lipinski definition) is 1. The molecule has 1 aromatic rings. The van der Waals surface area contributed by atoms with E-state index in [0.717, 1.165) is 17.5 Å². The van der Waals surface area contributed by atoms with Crippen molar-refractivity contribution in [2.45, 2.75) is 26.2 Å². The summed E-state index contributed by atoms with van der Waals surface area (Å²) in [4.78, 5) is 10.4. The molecule has 0 unspecified atom stereocenters. The summed E-state index contributed by atoms with van der Waals surface area (Å²) in [5, 5.41) is 9.28. The number of halogens is 1. The SMILES string of the molecule is CCc1cc(Cl)ccc1CCC(=O)O. The van der Waals surface area contributed by atoms with Crippen LogP contribution in [0.1, 0.15) is 24.5 Å². The molecule has 2 nitrogen and oxygen atoms in total. The Hall–Kier alpha value is -1.02. The van der Waals surface area contributed by atoms with Crippen LogP contribution in [-0.2, 0) is 17.6 Å². The van der Waals surface area contributed by atoms with Gasteiger partial charge in [0.25, 0.3) is 0 Å². The van der Waals surface area contributed by atoms with Crippen molar-refractivity contribution in [3.05, 3.63) is 34.3 Å². The zero-order valence-corrected chi connectivity index (χ0v) is 8.84. The maximum absolute atomic E-state index is 10.4. The van der Waals surface area contributed by atoms with E-state index in [4.69, 9.17) is 16.7 Å². The van der Waals surface area contributed by atoms with Crippen molar-refractivity contribution in [1.29, 1.82) is 0 Å². The van der Waals surface area contributed by atoms with Crippen LogP contribution in [0.15, 0.2) is 18.2 Å². The second-order valence-corrected chi connectivity index (χ2v) is 3.60. The number of carboxylic acids is 1. The van der Waals surface area contributed by atoms with Gasteiger partial charge in [-0.1, -0.05) is 24.6 Å². The lowest BCUT2D eigenvalue weighted by atomic mass is 10.0. The molecule has 0 spiro atoms. The van der Waals surface area contributed by atoms with Gasteiger partial charge in [0.15, 0.2) is 0 Å². The third kappa shape index (κ3) is 3.04. The van der Waals surface area contributed by atoms with E-state index in [9.17, 15) is 4.79 Å². The molecule has 0 saturated heterocycles. The summed E-state index contributed by atoms with van der Waals surface area (Å²) >= 11 is 5.84. The number of aryl methyl sites for hydroxylation is 2. The first-order valence-corrected chi connectivity index (χ1v) is 5.00. The molecule has 0 fully saturated rings. The Morgan fingerprint density at radius 2 is 2.14 bits per heavy atom. The molecule has 0 aliphatic carbocycles. The van der Waals surface area contributed by atoms with Crippen LogP contribution in [0.3, 0.4) is 0 Å². The van der Waals surface area contributed by atoms with Gasteiger partial charge in [-0.25, -0.2) is 0 Å². The highest BCUT2D eigenvalue weighted by Crippen LogP contribution is 2.18. The van der Waals surface area contributed by atoms with Crippen LogP contribution >= 0.6 is 11.6 Å². The second kappa shape index (κ2) is 5.01. The van der Waals surface area contributed by atoms with Gasteiger partial charge < -0.3 is 5.11 Å². The zero-order valence-electron chi connectivity index (χ0n) is 8.09. The maximum atomic E-state index is 10.4. The smallest absolute Gasteiger partial charge is 0.303 e. The largest absolute Gasteiger partial charge is 0.481 e. The number of aliphatic carboxylic acids is 1. The van der Waals surface area contributed by atoms with Crippen LogP contribution in [0.2, 0.25) is 5.02 Å². The van der Waals surface area contributed by atoms with E-state index in [1.807, 2.05) is 19.1 Å². The van der Waals surface area contributed by atoms with Gasteiger partial charge in [-0.3, -0.25) is 4.79 Å². The predicted octanol–water partition coefficient (Wildman–Crippen LogP) is 2.92. The van der Waals surface area contributed by atoms with Gasteiger partial charge in [0.1, 0.15) is 0 Å². The van der Waals surface area contributed by atoms with Gasteiger partial charge in [0.05, 0.1) is 0 Å². The molecule has 0 atom stereocenters. The summed E-state index contributed by atoms with van der Waals surface area (Å²) in [6.07, 6.45) is 1.64. The molecule has 0 amide bonds. The Bertz CT molecular complexity index is 334. The molecular formula is C11H13ClO2. The molecule has 0 aliphatic rings. The molecule has 0 saturated carbocycles. The lowest BCUT2D eigenvalue weighted by molar-refractivity contribution is -0.136. The molecular weight excluding hydrogens is 200 g/mol. The molecule has 3 heteroatoms. The number of carbonyl (C=O) groups is 1. The molecule has 1 N–H and O–H groups in total. The zero-order chi connectivity index (χ0) is 10.6. The summed E-state index contributed by atoms with van der Waals surface area (Å²) in [6.45, 7) is 2.04. The van der Waals surface area contributed by atoms with Crippen molar-refractivity contribution in [3.8, 4) is 0 Å². The van der Waals surface area contributed by atoms with E-state index in [1.54, 1.807) is 6.07 Å². The standard InChI is InChI=1S/C11H13ClO2/c1-2-8-7-10(12)5-3-9(8)4-6-11(13)14/h3,5,7H,2,4,6H2,1H3,(H,13,14). The third-order valence-electron chi connectivity index (χ3n) is 2.16. The minimum atomic E-state index is -0.762. The minimum Gasteiger partial charge on any atom is -0.481 e. The van der Waals surface area contributed by atoms with Gasteiger partial charge in [0, 0.05) is 11.4 Å². The van der Waals surface area contributed by atoms with Gasteiger partial charge in [-0.2, -0.15) is 0 Å². The van der Waals surface area contributed by atoms with Crippen LogP contribution in [-0.4, -0.2) is 11.1 Å². The monoisotopic (exact) mass is 212 g/mol. The Morgan fingerprint density at radius 3 is 2.71 bits per heavy atom. The molecule has 0 aromatic heterocycles. The van der Waals surface area contributed by atoms with Crippen molar-refractivity contribution in [3.63, 3.8) is 0 Å². The fraction of sp³-hybridized carbons (Fsp3) is 0.364. The van der Waals surface area contributed by atoms with E-state index < -0.39 is 5.97 Å². The van der Waals surface area contributed by atoms with E-state index in [-0.39, 0.29) is 6.42 Å². The Morgan fingerprint density at radius 1 is 1.43 bits per heavy atom. The third-order valence-corrected chi connectivity index (χ3v) is 2.39. The van der Waals surface area contributed by atoms with Crippen LogP contribution in [0.5, 0.6) is 0 Å². The Kier molecular flexibility index (Phi) is 3.96. The summed E-state index contributed by atoms with van der Waals surface area (Å²) in [5.74, 6) is -0.762. The summed E-state index contributed by atoms with van der Waals surface area (Å²) in [6, 6.07) is 5.61. The number of hydrogen-bond acceptors (Lipinski definition) is 1. The van der Waals surface area contributed by atoms with E-state index in [1.165, 1.54) is 0 Å². The highest BCUT2D eigenvalue weighted by atomic mass is 35.5. The quantitative estimate of drug-likeness (QED) is 0.833. The lowest BCUT2D eigenvalue weighted by Crippen LogP contribution is -2.00. The van der Waals surface area contributed by atoms with Gasteiger partial charge >= 0.3 is 5.97 Å². The Labute approximate surface area is 88.5 Å². The second-order valence-electron chi connectivity index (χ2n) is 3.16. The topological polar surface area (TPSA) is 37.3 Å². The lowest BCUT2D eigenvalue weighted by Gasteiger charge is -2.06. The Balaban J connectivity index is 2.80. The van der Waals surface area contributed by atoms with Crippen LogP contribution in [0, 0.1) is 0 Å². The molecule has 14 heavy (non-hydrogen) atoms. The van der Waals surface area contributed by atoms with Gasteiger partial charge in [0.2, 0.25) is 0 Å². The molecule has 0 radical (unpaired) electrons. The van der Waals surface area contributed by atoms with Gasteiger partial charge in [-0.05, 0) is 36.1 Å². The van der Waals surface area contributed by atoms with E-state index >= 15 is 0 Å². The fourth-order valence-electron chi connectivity index (χ4n) is 1.41. The molecule has 1 aromatic carbocycles. The molecule has 0 heterocycles. The number of carboxylic acid groups (broad SMARTS) is 1. The first-order chi connectivity index (χ1) is 6.63. The van der Waals surface area contributed by atoms with E-state index in [0.29, 0.717) is 11.4 Å².